The van der Waals surface area contributed by atoms with Crippen molar-refractivity contribution in [3.63, 3.8) is 0 Å². The fourth-order valence-corrected chi connectivity index (χ4v) is 4.12. The lowest BCUT2D eigenvalue weighted by atomic mass is 10.2. The summed E-state index contributed by atoms with van der Waals surface area (Å²) in [4.78, 5) is 39.1. The number of methoxy groups -OCH3 is 1. The first-order chi connectivity index (χ1) is 12.5. The smallest absolute Gasteiger partial charge is 0.294 e. The average molecular weight is 388 g/mol. The third kappa shape index (κ3) is 3.81. The summed E-state index contributed by atoms with van der Waals surface area (Å²) in [5, 5.41) is 4.13. The van der Waals surface area contributed by atoms with Crippen molar-refractivity contribution < 1.29 is 19.1 Å². The van der Waals surface area contributed by atoms with Crippen LogP contribution >= 0.6 is 23.1 Å². The Bertz CT molecular complexity index is 904. The molecule has 3 amide bonds. The van der Waals surface area contributed by atoms with E-state index >= 15 is 0 Å². The summed E-state index contributed by atoms with van der Waals surface area (Å²) < 4.78 is 5.17. The molecule has 1 fully saturated rings. The molecule has 1 aromatic carbocycles. The van der Waals surface area contributed by atoms with Gasteiger partial charge in [-0.15, -0.1) is 11.3 Å². The maximum Gasteiger partial charge on any atom is 0.294 e. The van der Waals surface area contributed by atoms with Crippen LogP contribution in [-0.4, -0.2) is 35.6 Å². The molecule has 1 aromatic heterocycles. The van der Waals surface area contributed by atoms with Gasteiger partial charge < -0.3 is 10.1 Å². The van der Waals surface area contributed by atoms with E-state index in [2.05, 4.69) is 5.32 Å². The second-order valence-electron chi connectivity index (χ2n) is 5.48. The van der Waals surface area contributed by atoms with Crippen molar-refractivity contribution in [2.75, 3.05) is 19.0 Å². The topological polar surface area (TPSA) is 75.7 Å². The lowest BCUT2D eigenvalue weighted by molar-refractivity contribution is -0.127. The highest BCUT2D eigenvalue weighted by Gasteiger charge is 2.36. The second-order valence-corrected chi connectivity index (χ2v) is 7.43. The number of hydrogen-bond acceptors (Lipinski definition) is 6. The number of thiophene rings is 1. The number of benzene rings is 1. The number of anilines is 1. The summed E-state index contributed by atoms with van der Waals surface area (Å²) in [6, 6.07) is 8.87. The Labute approximate surface area is 158 Å². The van der Waals surface area contributed by atoms with Crippen LogP contribution in [0.2, 0.25) is 0 Å². The Morgan fingerprint density at radius 1 is 1.27 bits per heavy atom. The molecule has 3 rings (SSSR count). The summed E-state index contributed by atoms with van der Waals surface area (Å²) in [5.74, 6) is -0.420. The zero-order chi connectivity index (χ0) is 18.7. The first kappa shape index (κ1) is 18.2. The molecule has 0 bridgehead atoms. The van der Waals surface area contributed by atoms with Crippen LogP contribution < -0.4 is 10.1 Å². The van der Waals surface area contributed by atoms with Crippen molar-refractivity contribution in [1.29, 1.82) is 0 Å². The fourth-order valence-electron chi connectivity index (χ4n) is 2.37. The Hall–Kier alpha value is -2.58. The maximum atomic E-state index is 12.5. The largest absolute Gasteiger partial charge is 0.495 e. The Kier molecular flexibility index (Phi) is 5.43. The first-order valence-corrected chi connectivity index (χ1v) is 9.41. The zero-order valence-corrected chi connectivity index (χ0v) is 15.8. The molecule has 2 aromatic rings. The molecule has 26 heavy (non-hydrogen) atoms. The minimum absolute atomic E-state index is 0.325. The molecule has 1 aliphatic rings. The summed E-state index contributed by atoms with van der Waals surface area (Å²) >= 11 is 2.34. The van der Waals surface area contributed by atoms with E-state index in [-0.39, 0.29) is 6.54 Å². The van der Waals surface area contributed by atoms with E-state index in [9.17, 15) is 14.4 Å². The van der Waals surface area contributed by atoms with E-state index in [4.69, 9.17) is 4.74 Å². The SMILES string of the molecule is COc1ccccc1NC(=O)CN1C(=O)S/C(=C/c2sccc2C)C1=O. The third-order valence-corrected chi connectivity index (χ3v) is 5.59. The average Bonchev–Trinajstić information content (AvgIpc) is 3.14. The van der Waals surface area contributed by atoms with Crippen LogP contribution in [0.4, 0.5) is 10.5 Å². The quantitative estimate of drug-likeness (QED) is 0.790. The summed E-state index contributed by atoms with van der Waals surface area (Å²) in [6.45, 7) is 1.59. The molecule has 8 heteroatoms. The van der Waals surface area contributed by atoms with E-state index < -0.39 is 17.1 Å². The highest BCUT2D eigenvalue weighted by atomic mass is 32.2. The van der Waals surface area contributed by atoms with Crippen molar-refractivity contribution >= 4 is 51.9 Å². The number of amides is 3. The molecule has 0 radical (unpaired) electrons. The summed E-state index contributed by atoms with van der Waals surface area (Å²) in [5.41, 5.74) is 1.52. The minimum Gasteiger partial charge on any atom is -0.495 e. The maximum absolute atomic E-state index is 12.5. The Balaban J connectivity index is 1.71. The van der Waals surface area contributed by atoms with Crippen LogP contribution in [-0.2, 0) is 9.59 Å². The zero-order valence-electron chi connectivity index (χ0n) is 14.1. The molecule has 0 unspecified atom stereocenters. The van der Waals surface area contributed by atoms with E-state index in [1.807, 2.05) is 18.4 Å². The molecule has 2 heterocycles. The molecule has 0 atom stereocenters. The van der Waals surface area contributed by atoms with Crippen molar-refractivity contribution in [2.24, 2.45) is 0 Å². The van der Waals surface area contributed by atoms with Gasteiger partial charge in [0.25, 0.3) is 11.1 Å². The van der Waals surface area contributed by atoms with Crippen LogP contribution in [0.5, 0.6) is 5.75 Å². The van der Waals surface area contributed by atoms with Gasteiger partial charge in [0, 0.05) is 4.88 Å². The van der Waals surface area contributed by atoms with Gasteiger partial charge in [-0.3, -0.25) is 19.3 Å². The predicted molar refractivity (Wildman–Crippen MR) is 103 cm³/mol. The normalized spacial score (nSPS) is 15.6. The van der Waals surface area contributed by atoms with Crippen LogP contribution in [0.15, 0.2) is 40.6 Å². The molecule has 134 valence electrons. The number of hydrogen-bond donors (Lipinski definition) is 1. The van der Waals surface area contributed by atoms with Crippen molar-refractivity contribution in [1.82, 2.24) is 4.90 Å². The number of imide groups is 1. The monoisotopic (exact) mass is 388 g/mol. The number of aryl methyl sites for hydroxylation is 1. The molecule has 1 N–H and O–H groups in total. The van der Waals surface area contributed by atoms with Crippen molar-refractivity contribution in [3.8, 4) is 5.75 Å². The van der Waals surface area contributed by atoms with Gasteiger partial charge in [-0.25, -0.2) is 0 Å². The standard InChI is InChI=1S/C18H16N2O4S2/c1-11-7-8-25-14(11)9-15-17(22)20(18(23)26-15)10-16(21)19-12-5-3-4-6-13(12)24-2/h3-9H,10H2,1-2H3,(H,19,21)/b15-9+. The molecule has 1 saturated heterocycles. The number of nitrogens with zero attached hydrogens (tertiary/aromatic N) is 1. The van der Waals surface area contributed by atoms with E-state index in [1.54, 1.807) is 30.3 Å². The van der Waals surface area contributed by atoms with Gasteiger partial charge in [0.15, 0.2) is 0 Å². The molecular formula is C18H16N2O4S2. The van der Waals surface area contributed by atoms with Gasteiger partial charge in [0.05, 0.1) is 17.7 Å². The van der Waals surface area contributed by atoms with E-state index in [0.29, 0.717) is 16.3 Å². The number of thioether (sulfide) groups is 1. The highest BCUT2D eigenvalue weighted by Crippen LogP contribution is 2.33. The van der Waals surface area contributed by atoms with Gasteiger partial charge in [-0.2, -0.15) is 0 Å². The number of rotatable bonds is 5. The molecule has 0 saturated carbocycles. The van der Waals surface area contributed by atoms with Crippen molar-refractivity contribution in [3.05, 3.63) is 51.1 Å². The summed E-state index contributed by atoms with van der Waals surface area (Å²) in [6.07, 6.45) is 1.70. The number of carbonyl (C=O) groups excluding carboxylic acids is 3. The molecular weight excluding hydrogens is 372 g/mol. The minimum atomic E-state index is -0.467. The van der Waals surface area contributed by atoms with Gasteiger partial charge in [-0.1, -0.05) is 12.1 Å². The molecule has 6 nitrogen and oxygen atoms in total. The van der Waals surface area contributed by atoms with Gasteiger partial charge >= 0.3 is 0 Å². The fraction of sp³-hybridized carbons (Fsp3) is 0.167. The number of nitrogens with one attached hydrogen (secondary N) is 1. The molecule has 0 aliphatic carbocycles. The Morgan fingerprint density at radius 3 is 2.73 bits per heavy atom. The van der Waals surface area contributed by atoms with Gasteiger partial charge in [-0.05, 0) is 53.9 Å². The van der Waals surface area contributed by atoms with Crippen LogP contribution in [0, 0.1) is 6.92 Å². The molecule has 1 aliphatic heterocycles. The van der Waals surface area contributed by atoms with Crippen LogP contribution in [0.1, 0.15) is 10.4 Å². The number of para-hydroxylation sites is 2. The summed E-state index contributed by atoms with van der Waals surface area (Å²) in [7, 11) is 1.50. The van der Waals surface area contributed by atoms with Gasteiger partial charge in [0.2, 0.25) is 5.91 Å². The lowest BCUT2D eigenvalue weighted by Crippen LogP contribution is -2.36. The number of ether oxygens (including phenoxy) is 1. The molecule has 0 spiro atoms. The second kappa shape index (κ2) is 7.76. The van der Waals surface area contributed by atoms with Crippen LogP contribution in [0.3, 0.4) is 0 Å². The highest BCUT2D eigenvalue weighted by molar-refractivity contribution is 8.18. The lowest BCUT2D eigenvalue weighted by Gasteiger charge is -2.14. The first-order valence-electron chi connectivity index (χ1n) is 7.72. The predicted octanol–water partition coefficient (Wildman–Crippen LogP) is 3.74. The van der Waals surface area contributed by atoms with E-state index in [0.717, 1.165) is 27.1 Å². The van der Waals surface area contributed by atoms with E-state index in [1.165, 1.54) is 18.4 Å². The van der Waals surface area contributed by atoms with Crippen molar-refractivity contribution in [2.45, 2.75) is 6.92 Å². The third-order valence-electron chi connectivity index (χ3n) is 3.72. The van der Waals surface area contributed by atoms with Crippen LogP contribution in [0.25, 0.3) is 6.08 Å². The Morgan fingerprint density at radius 2 is 2.04 bits per heavy atom. The number of carbonyl (C=O) groups is 3. The van der Waals surface area contributed by atoms with Gasteiger partial charge in [0.1, 0.15) is 12.3 Å².